The van der Waals surface area contributed by atoms with Gasteiger partial charge >= 0.3 is 0 Å². The summed E-state index contributed by atoms with van der Waals surface area (Å²) in [6.07, 6.45) is 7.46. The standard InChI is InChI=1S/C22H25N5O2/c1-23-13-16-12-18(15-24-14-16)26-22-25-9-6-21(27-22)17-2-4-19(5-3-17)29-20-7-10-28-11-8-20/h2-6,9,12,14-15,20,23H,7-8,10-11,13H2,1H3,(H,25,26,27). The number of nitrogens with one attached hydrogen (secondary N) is 2. The first-order chi connectivity index (χ1) is 14.3. The van der Waals surface area contributed by atoms with Crippen LogP contribution in [0, 0.1) is 0 Å². The van der Waals surface area contributed by atoms with Crippen LogP contribution in [0.25, 0.3) is 11.3 Å². The van der Waals surface area contributed by atoms with E-state index in [0.29, 0.717) is 5.95 Å². The molecule has 7 heteroatoms. The van der Waals surface area contributed by atoms with Crippen molar-refractivity contribution in [3.8, 4) is 17.0 Å². The topological polar surface area (TPSA) is 81.2 Å². The lowest BCUT2D eigenvalue weighted by Crippen LogP contribution is -2.25. The van der Waals surface area contributed by atoms with Crippen LogP contribution in [0.5, 0.6) is 5.75 Å². The van der Waals surface area contributed by atoms with Crippen LogP contribution >= 0.6 is 0 Å². The molecule has 1 saturated heterocycles. The molecule has 0 amide bonds. The maximum atomic E-state index is 6.04. The molecule has 2 aromatic heterocycles. The predicted octanol–water partition coefficient (Wildman–Crippen LogP) is 3.56. The Morgan fingerprint density at radius 1 is 1.10 bits per heavy atom. The molecular formula is C22H25N5O2. The Morgan fingerprint density at radius 2 is 1.93 bits per heavy atom. The van der Waals surface area contributed by atoms with E-state index in [9.17, 15) is 0 Å². The van der Waals surface area contributed by atoms with Gasteiger partial charge in [0.1, 0.15) is 11.9 Å². The van der Waals surface area contributed by atoms with E-state index < -0.39 is 0 Å². The molecule has 0 spiro atoms. The Kier molecular flexibility index (Phi) is 6.29. The summed E-state index contributed by atoms with van der Waals surface area (Å²) in [6, 6.07) is 12.0. The molecule has 7 nitrogen and oxygen atoms in total. The van der Waals surface area contributed by atoms with Gasteiger partial charge in [-0.3, -0.25) is 4.98 Å². The third-order valence-electron chi connectivity index (χ3n) is 4.71. The average molecular weight is 391 g/mol. The quantitative estimate of drug-likeness (QED) is 0.637. The molecule has 3 aromatic rings. The molecule has 0 unspecified atom stereocenters. The highest BCUT2D eigenvalue weighted by Crippen LogP contribution is 2.24. The van der Waals surface area contributed by atoms with E-state index in [1.165, 1.54) is 0 Å². The molecule has 4 rings (SSSR count). The molecular weight excluding hydrogens is 366 g/mol. The van der Waals surface area contributed by atoms with Gasteiger partial charge in [0.25, 0.3) is 0 Å². The monoisotopic (exact) mass is 391 g/mol. The van der Waals surface area contributed by atoms with E-state index in [1.54, 1.807) is 12.4 Å². The van der Waals surface area contributed by atoms with Gasteiger partial charge in [0.05, 0.1) is 30.8 Å². The van der Waals surface area contributed by atoms with Crippen molar-refractivity contribution in [2.45, 2.75) is 25.5 Å². The lowest BCUT2D eigenvalue weighted by molar-refractivity contribution is 0.0256. The minimum absolute atomic E-state index is 0.233. The first kappa shape index (κ1) is 19.3. The van der Waals surface area contributed by atoms with E-state index >= 15 is 0 Å². The van der Waals surface area contributed by atoms with Gasteiger partial charge in [0.2, 0.25) is 5.95 Å². The maximum Gasteiger partial charge on any atom is 0.227 e. The summed E-state index contributed by atoms with van der Waals surface area (Å²) in [4.78, 5) is 13.2. The molecule has 0 saturated carbocycles. The summed E-state index contributed by atoms with van der Waals surface area (Å²) in [5.41, 5.74) is 3.81. The van der Waals surface area contributed by atoms with Crippen molar-refractivity contribution in [1.29, 1.82) is 0 Å². The first-order valence-corrected chi connectivity index (χ1v) is 9.83. The number of anilines is 2. The third kappa shape index (κ3) is 5.28. The lowest BCUT2D eigenvalue weighted by Gasteiger charge is -2.23. The number of hydrogen-bond acceptors (Lipinski definition) is 7. The number of nitrogens with zero attached hydrogens (tertiary/aromatic N) is 3. The van der Waals surface area contributed by atoms with Gasteiger partial charge in [-0.15, -0.1) is 0 Å². The molecule has 3 heterocycles. The Bertz CT molecular complexity index is 926. The molecule has 1 fully saturated rings. The van der Waals surface area contributed by atoms with E-state index in [0.717, 1.165) is 60.9 Å². The van der Waals surface area contributed by atoms with Crippen LogP contribution in [-0.4, -0.2) is 41.3 Å². The molecule has 0 aliphatic carbocycles. The highest BCUT2D eigenvalue weighted by Gasteiger charge is 2.15. The molecule has 1 aromatic carbocycles. The normalized spacial score (nSPS) is 14.5. The second kappa shape index (κ2) is 9.45. The summed E-state index contributed by atoms with van der Waals surface area (Å²) in [5.74, 6) is 1.41. The van der Waals surface area contributed by atoms with Gasteiger partial charge < -0.3 is 20.1 Å². The first-order valence-electron chi connectivity index (χ1n) is 9.83. The zero-order chi connectivity index (χ0) is 19.9. The van der Waals surface area contributed by atoms with Crippen LogP contribution in [0.1, 0.15) is 18.4 Å². The van der Waals surface area contributed by atoms with Crippen molar-refractivity contribution in [1.82, 2.24) is 20.3 Å². The number of benzene rings is 1. The highest BCUT2D eigenvalue weighted by molar-refractivity contribution is 5.62. The van der Waals surface area contributed by atoms with Crippen LogP contribution in [0.3, 0.4) is 0 Å². The molecule has 1 aliphatic heterocycles. The highest BCUT2D eigenvalue weighted by atomic mass is 16.5. The number of hydrogen-bond donors (Lipinski definition) is 2. The van der Waals surface area contributed by atoms with Crippen molar-refractivity contribution < 1.29 is 9.47 Å². The Morgan fingerprint density at radius 3 is 2.72 bits per heavy atom. The Balaban J connectivity index is 1.44. The number of ether oxygens (including phenoxy) is 2. The van der Waals surface area contributed by atoms with Crippen LogP contribution in [0.15, 0.2) is 55.0 Å². The third-order valence-corrected chi connectivity index (χ3v) is 4.71. The minimum atomic E-state index is 0.233. The number of aromatic nitrogens is 3. The fourth-order valence-corrected chi connectivity index (χ4v) is 3.26. The summed E-state index contributed by atoms with van der Waals surface area (Å²) in [5, 5.41) is 6.35. The zero-order valence-electron chi connectivity index (χ0n) is 16.5. The molecule has 0 bridgehead atoms. The van der Waals surface area contributed by atoms with Crippen molar-refractivity contribution in [2.24, 2.45) is 0 Å². The van der Waals surface area contributed by atoms with Crippen LogP contribution in [0.2, 0.25) is 0 Å². The van der Waals surface area contributed by atoms with Crippen molar-refractivity contribution in [2.75, 3.05) is 25.6 Å². The van der Waals surface area contributed by atoms with Gasteiger partial charge in [-0.05, 0) is 49.0 Å². The number of rotatable bonds is 7. The van der Waals surface area contributed by atoms with Crippen LogP contribution < -0.4 is 15.4 Å². The molecule has 0 atom stereocenters. The molecule has 150 valence electrons. The van der Waals surface area contributed by atoms with E-state index in [-0.39, 0.29) is 6.10 Å². The van der Waals surface area contributed by atoms with Crippen LogP contribution in [0.4, 0.5) is 11.6 Å². The zero-order valence-corrected chi connectivity index (χ0v) is 16.5. The molecule has 1 aliphatic rings. The summed E-state index contributed by atoms with van der Waals surface area (Å²) < 4.78 is 11.4. The van der Waals surface area contributed by atoms with Gasteiger partial charge in [-0.1, -0.05) is 0 Å². The second-order valence-electron chi connectivity index (χ2n) is 6.96. The summed E-state index contributed by atoms with van der Waals surface area (Å²) in [6.45, 7) is 2.30. The second-order valence-corrected chi connectivity index (χ2v) is 6.96. The fraction of sp³-hybridized carbons (Fsp3) is 0.318. The summed E-state index contributed by atoms with van der Waals surface area (Å²) in [7, 11) is 1.91. The largest absolute Gasteiger partial charge is 0.490 e. The minimum Gasteiger partial charge on any atom is -0.490 e. The van der Waals surface area contributed by atoms with Gasteiger partial charge in [0, 0.05) is 37.3 Å². The van der Waals surface area contributed by atoms with Gasteiger partial charge in [0.15, 0.2) is 0 Å². The Hall–Kier alpha value is -3.03. The SMILES string of the molecule is CNCc1cncc(Nc2nccc(-c3ccc(OC4CCOCC4)cc3)n2)c1. The van der Waals surface area contributed by atoms with Crippen molar-refractivity contribution in [3.05, 3.63) is 60.6 Å². The van der Waals surface area contributed by atoms with Gasteiger partial charge in [-0.25, -0.2) is 9.97 Å². The average Bonchev–Trinajstić information content (AvgIpc) is 2.76. The smallest absolute Gasteiger partial charge is 0.227 e. The van der Waals surface area contributed by atoms with E-state index in [4.69, 9.17) is 9.47 Å². The van der Waals surface area contributed by atoms with Crippen molar-refractivity contribution >= 4 is 11.6 Å². The van der Waals surface area contributed by atoms with Crippen molar-refractivity contribution in [3.63, 3.8) is 0 Å². The van der Waals surface area contributed by atoms with E-state index in [2.05, 4.69) is 25.6 Å². The Labute approximate surface area is 170 Å². The molecule has 0 radical (unpaired) electrons. The maximum absolute atomic E-state index is 6.04. The number of pyridine rings is 1. The fourth-order valence-electron chi connectivity index (χ4n) is 3.26. The molecule has 2 N–H and O–H groups in total. The molecule has 29 heavy (non-hydrogen) atoms. The van der Waals surface area contributed by atoms with Crippen LogP contribution in [-0.2, 0) is 11.3 Å². The van der Waals surface area contributed by atoms with E-state index in [1.807, 2.05) is 49.6 Å². The van der Waals surface area contributed by atoms with Gasteiger partial charge in [-0.2, -0.15) is 0 Å². The predicted molar refractivity (Wildman–Crippen MR) is 112 cm³/mol. The summed E-state index contributed by atoms with van der Waals surface area (Å²) >= 11 is 0. The lowest BCUT2D eigenvalue weighted by atomic mass is 10.1.